The van der Waals surface area contributed by atoms with Crippen molar-refractivity contribution >= 4 is 35.0 Å². The van der Waals surface area contributed by atoms with Gasteiger partial charge in [-0.25, -0.2) is 4.79 Å². The summed E-state index contributed by atoms with van der Waals surface area (Å²) in [5.74, 6) is -2.13. The van der Waals surface area contributed by atoms with Gasteiger partial charge in [0.25, 0.3) is 0 Å². The third-order valence-corrected chi connectivity index (χ3v) is 7.05. The van der Waals surface area contributed by atoms with Crippen LogP contribution >= 0.6 is 11.8 Å². The SMILES string of the molecule is CSc1cc(C2=C(C(=O)O)N3C(=O)[C@H]([C@@H](C)O)[C@H]3C2)cc2c1C(=O)c1ccccc1-2. The molecule has 2 heterocycles. The minimum atomic E-state index is -1.16. The molecular weight excluding hydrogens is 402 g/mol. The van der Waals surface area contributed by atoms with E-state index in [1.165, 1.54) is 16.7 Å². The first kappa shape index (κ1) is 19.1. The summed E-state index contributed by atoms with van der Waals surface area (Å²) in [5, 5.41) is 19.8. The fraction of sp³-hybridized carbons (Fsp3) is 0.261. The van der Waals surface area contributed by atoms with Crippen LogP contribution < -0.4 is 0 Å². The topological polar surface area (TPSA) is 94.9 Å². The maximum absolute atomic E-state index is 12.9. The Bertz CT molecular complexity index is 1180. The van der Waals surface area contributed by atoms with Crippen LogP contribution in [0.15, 0.2) is 47.0 Å². The molecule has 30 heavy (non-hydrogen) atoms. The Kier molecular flexibility index (Phi) is 4.17. The van der Waals surface area contributed by atoms with Crippen molar-refractivity contribution in [3.8, 4) is 11.1 Å². The zero-order valence-corrected chi connectivity index (χ0v) is 17.2. The van der Waals surface area contributed by atoms with Crippen molar-refractivity contribution in [2.75, 3.05) is 6.26 Å². The van der Waals surface area contributed by atoms with Gasteiger partial charge in [-0.15, -0.1) is 11.8 Å². The molecule has 0 unspecified atom stereocenters. The largest absolute Gasteiger partial charge is 0.477 e. The average molecular weight is 421 g/mol. The molecule has 3 atom stereocenters. The number of carboxylic acids is 1. The van der Waals surface area contributed by atoms with Gasteiger partial charge < -0.3 is 15.1 Å². The lowest BCUT2D eigenvalue weighted by molar-refractivity contribution is -0.161. The molecule has 1 fully saturated rings. The lowest BCUT2D eigenvalue weighted by atomic mass is 9.82. The fourth-order valence-electron chi connectivity index (χ4n) is 4.98. The molecule has 2 N–H and O–H groups in total. The number of aliphatic hydroxyl groups excluding tert-OH is 1. The summed E-state index contributed by atoms with van der Waals surface area (Å²) < 4.78 is 0. The Labute approximate surface area is 177 Å². The zero-order chi connectivity index (χ0) is 21.3. The highest BCUT2D eigenvalue weighted by Crippen LogP contribution is 2.49. The van der Waals surface area contributed by atoms with Crippen LogP contribution in [0.25, 0.3) is 16.7 Å². The second-order valence-corrected chi connectivity index (χ2v) is 8.70. The minimum Gasteiger partial charge on any atom is -0.477 e. The molecule has 0 spiro atoms. The van der Waals surface area contributed by atoms with Crippen molar-refractivity contribution in [1.82, 2.24) is 4.90 Å². The second kappa shape index (κ2) is 6.55. The van der Waals surface area contributed by atoms with Crippen LogP contribution in [0.3, 0.4) is 0 Å². The van der Waals surface area contributed by atoms with Crippen LogP contribution in [0.2, 0.25) is 0 Å². The number of amides is 1. The van der Waals surface area contributed by atoms with Crippen molar-refractivity contribution < 1.29 is 24.6 Å². The molecule has 2 aromatic carbocycles. The van der Waals surface area contributed by atoms with Crippen molar-refractivity contribution in [3.05, 3.63) is 58.8 Å². The molecule has 5 rings (SSSR count). The molecule has 2 aliphatic heterocycles. The standard InChI is InChI=1S/C23H19NO5S/c1-10(25)18-16-9-14(20(23(28)29)24(16)22(18)27)11-7-15-12-5-3-4-6-13(12)21(26)19(15)17(8-11)30-2/h3-8,10,16,18,25H,9H2,1-2H3,(H,28,29)/t10-,16-,18-/m1/s1. The highest BCUT2D eigenvalue weighted by atomic mass is 32.2. The molecule has 152 valence electrons. The van der Waals surface area contributed by atoms with Crippen LogP contribution in [0.1, 0.15) is 34.8 Å². The van der Waals surface area contributed by atoms with E-state index in [9.17, 15) is 24.6 Å². The number of carboxylic acid groups (broad SMARTS) is 1. The Morgan fingerprint density at radius 3 is 2.50 bits per heavy atom. The van der Waals surface area contributed by atoms with Crippen LogP contribution in [-0.4, -0.2) is 51.2 Å². The highest BCUT2D eigenvalue weighted by molar-refractivity contribution is 7.98. The molecule has 0 radical (unpaired) electrons. The minimum absolute atomic E-state index is 0.0217. The number of fused-ring (bicyclic) bond motifs is 4. The summed E-state index contributed by atoms with van der Waals surface area (Å²) in [7, 11) is 0. The third kappa shape index (κ3) is 2.39. The lowest BCUT2D eigenvalue weighted by Crippen LogP contribution is -2.61. The predicted molar refractivity (Wildman–Crippen MR) is 112 cm³/mol. The molecule has 3 aliphatic rings. The van der Waals surface area contributed by atoms with Gasteiger partial charge in [-0.1, -0.05) is 24.3 Å². The number of aliphatic hydroxyl groups is 1. The van der Waals surface area contributed by atoms with E-state index in [-0.39, 0.29) is 23.4 Å². The van der Waals surface area contributed by atoms with E-state index in [4.69, 9.17) is 0 Å². The van der Waals surface area contributed by atoms with Gasteiger partial charge >= 0.3 is 5.97 Å². The number of benzene rings is 2. The van der Waals surface area contributed by atoms with Gasteiger partial charge in [-0.2, -0.15) is 0 Å². The van der Waals surface area contributed by atoms with Crippen LogP contribution in [-0.2, 0) is 9.59 Å². The fourth-order valence-corrected chi connectivity index (χ4v) is 5.63. The highest BCUT2D eigenvalue weighted by Gasteiger charge is 2.56. The van der Waals surface area contributed by atoms with Gasteiger partial charge in [0.05, 0.1) is 18.1 Å². The van der Waals surface area contributed by atoms with E-state index in [0.717, 1.165) is 16.0 Å². The van der Waals surface area contributed by atoms with Crippen LogP contribution in [0.4, 0.5) is 0 Å². The molecule has 0 aromatic heterocycles. The lowest BCUT2D eigenvalue weighted by Gasteiger charge is -2.44. The van der Waals surface area contributed by atoms with Crippen molar-refractivity contribution in [1.29, 1.82) is 0 Å². The number of carbonyl (C=O) groups excluding carboxylic acids is 2. The number of hydrogen-bond donors (Lipinski definition) is 2. The van der Waals surface area contributed by atoms with Gasteiger partial charge in [0.2, 0.25) is 5.91 Å². The van der Waals surface area contributed by atoms with Gasteiger partial charge in [-0.3, -0.25) is 9.59 Å². The molecule has 1 amide bonds. The Morgan fingerprint density at radius 2 is 1.87 bits per heavy atom. The first-order valence-corrected chi connectivity index (χ1v) is 10.9. The van der Waals surface area contributed by atoms with E-state index in [0.29, 0.717) is 28.7 Å². The summed E-state index contributed by atoms with van der Waals surface area (Å²) in [6.07, 6.45) is 1.42. The first-order chi connectivity index (χ1) is 14.3. The number of β-lactam (4-membered cyclic amide) rings is 1. The van der Waals surface area contributed by atoms with Gasteiger partial charge in [-0.05, 0) is 54.0 Å². The third-order valence-electron chi connectivity index (χ3n) is 6.29. The second-order valence-electron chi connectivity index (χ2n) is 7.85. The number of nitrogens with zero attached hydrogens (tertiary/aromatic N) is 1. The predicted octanol–water partition coefficient (Wildman–Crippen LogP) is 3.03. The number of carbonyl (C=O) groups is 3. The monoisotopic (exact) mass is 421 g/mol. The normalized spacial score (nSPS) is 22.6. The van der Waals surface area contributed by atoms with E-state index < -0.39 is 18.0 Å². The van der Waals surface area contributed by atoms with E-state index in [1.807, 2.05) is 36.6 Å². The molecular formula is C23H19NO5S. The van der Waals surface area contributed by atoms with Gasteiger partial charge in [0.15, 0.2) is 5.78 Å². The van der Waals surface area contributed by atoms with E-state index >= 15 is 0 Å². The zero-order valence-electron chi connectivity index (χ0n) is 16.4. The van der Waals surface area contributed by atoms with Crippen molar-refractivity contribution in [2.24, 2.45) is 5.92 Å². The summed E-state index contributed by atoms with van der Waals surface area (Å²) in [6, 6.07) is 10.8. The van der Waals surface area contributed by atoms with Gasteiger partial charge in [0.1, 0.15) is 5.70 Å². The van der Waals surface area contributed by atoms with E-state index in [1.54, 1.807) is 13.0 Å². The summed E-state index contributed by atoms with van der Waals surface area (Å²) >= 11 is 1.44. The molecule has 7 heteroatoms. The maximum Gasteiger partial charge on any atom is 0.352 e. The smallest absolute Gasteiger partial charge is 0.352 e. The summed E-state index contributed by atoms with van der Waals surface area (Å²) in [6.45, 7) is 1.56. The van der Waals surface area contributed by atoms with Crippen molar-refractivity contribution in [2.45, 2.75) is 30.4 Å². The molecule has 6 nitrogen and oxygen atoms in total. The number of ketones is 1. The molecule has 1 aliphatic carbocycles. The number of thioether (sulfide) groups is 1. The first-order valence-electron chi connectivity index (χ1n) is 9.69. The summed E-state index contributed by atoms with van der Waals surface area (Å²) in [4.78, 5) is 39.6. The average Bonchev–Trinajstić information content (AvgIpc) is 3.21. The molecule has 2 aromatic rings. The quantitative estimate of drug-likeness (QED) is 0.497. The summed E-state index contributed by atoms with van der Waals surface area (Å²) in [5.41, 5.74) is 4.17. The van der Waals surface area contributed by atoms with Crippen LogP contribution in [0.5, 0.6) is 0 Å². The van der Waals surface area contributed by atoms with Crippen molar-refractivity contribution in [3.63, 3.8) is 0 Å². The Morgan fingerprint density at radius 1 is 1.17 bits per heavy atom. The molecule has 0 saturated carbocycles. The molecule has 0 bridgehead atoms. The number of rotatable bonds is 4. The van der Waals surface area contributed by atoms with Gasteiger partial charge in [0, 0.05) is 16.0 Å². The Balaban J connectivity index is 1.69. The number of hydrogen-bond acceptors (Lipinski definition) is 5. The maximum atomic E-state index is 12.9. The van der Waals surface area contributed by atoms with Crippen LogP contribution in [0, 0.1) is 5.92 Å². The van der Waals surface area contributed by atoms with E-state index in [2.05, 4.69) is 0 Å². The molecule has 1 saturated heterocycles. The number of aliphatic carboxylic acids is 1. The Hall–Kier alpha value is -2.90.